The minimum atomic E-state index is 0.652. The third-order valence-corrected chi connectivity index (χ3v) is 6.38. The summed E-state index contributed by atoms with van der Waals surface area (Å²) in [5.41, 5.74) is 8.66. The van der Waals surface area contributed by atoms with Crippen LogP contribution in [0.1, 0.15) is 5.56 Å². The summed E-state index contributed by atoms with van der Waals surface area (Å²) in [5.74, 6) is 1.97. The van der Waals surface area contributed by atoms with Crippen molar-refractivity contribution in [1.29, 1.82) is 0 Å². The van der Waals surface area contributed by atoms with E-state index in [1.165, 1.54) is 5.56 Å². The summed E-state index contributed by atoms with van der Waals surface area (Å²) < 4.78 is 0. The lowest BCUT2D eigenvalue weighted by molar-refractivity contribution is 1.07. The highest BCUT2D eigenvalue weighted by molar-refractivity contribution is 5.80. The van der Waals surface area contributed by atoms with Gasteiger partial charge in [0.05, 0.1) is 0 Å². The summed E-state index contributed by atoms with van der Waals surface area (Å²) in [5, 5.41) is 0. The molecule has 0 radical (unpaired) electrons. The molecule has 3 heteroatoms. The van der Waals surface area contributed by atoms with E-state index in [0.717, 1.165) is 38.9 Å². The van der Waals surface area contributed by atoms with Gasteiger partial charge in [0.1, 0.15) is 0 Å². The van der Waals surface area contributed by atoms with Crippen molar-refractivity contribution in [2.24, 2.45) is 0 Å². The fraction of sp³-hybridized carbons (Fsp3) is 0.0294. The molecule has 0 atom stereocenters. The second-order valence-corrected chi connectivity index (χ2v) is 9.07. The van der Waals surface area contributed by atoms with E-state index in [4.69, 9.17) is 15.0 Å². The molecule has 0 aliphatic heterocycles. The van der Waals surface area contributed by atoms with Crippen LogP contribution in [0.25, 0.3) is 56.4 Å². The van der Waals surface area contributed by atoms with Crippen LogP contribution in [0.2, 0.25) is 0 Å². The van der Waals surface area contributed by atoms with Gasteiger partial charge in [-0.3, -0.25) is 0 Å². The van der Waals surface area contributed by atoms with Gasteiger partial charge in [-0.1, -0.05) is 121 Å². The molecule has 0 aliphatic rings. The predicted octanol–water partition coefficient (Wildman–Crippen LogP) is 8.52. The third-order valence-electron chi connectivity index (χ3n) is 6.38. The first-order chi connectivity index (χ1) is 18.2. The average Bonchev–Trinajstić information content (AvgIpc) is 2.98. The summed E-state index contributed by atoms with van der Waals surface area (Å²) in [6, 6.07) is 45.8. The van der Waals surface area contributed by atoms with E-state index in [1.807, 2.05) is 66.7 Å². The largest absolute Gasteiger partial charge is 0.208 e. The van der Waals surface area contributed by atoms with Crippen molar-refractivity contribution in [3.8, 4) is 56.4 Å². The molecule has 6 rings (SSSR count). The Morgan fingerprint density at radius 1 is 0.324 bits per heavy atom. The van der Waals surface area contributed by atoms with E-state index >= 15 is 0 Å². The van der Waals surface area contributed by atoms with Gasteiger partial charge in [0.15, 0.2) is 17.5 Å². The highest BCUT2D eigenvalue weighted by Gasteiger charge is 2.14. The molecular weight excluding hydrogens is 450 g/mol. The van der Waals surface area contributed by atoms with Gasteiger partial charge in [-0.2, -0.15) is 0 Å². The molecule has 0 aliphatic carbocycles. The van der Waals surface area contributed by atoms with Crippen molar-refractivity contribution in [2.45, 2.75) is 6.92 Å². The molecule has 0 saturated carbocycles. The van der Waals surface area contributed by atoms with Crippen molar-refractivity contribution in [3.05, 3.63) is 139 Å². The molecule has 0 amide bonds. The summed E-state index contributed by atoms with van der Waals surface area (Å²) in [6.07, 6.45) is 0. The normalized spacial score (nSPS) is 10.8. The van der Waals surface area contributed by atoms with Gasteiger partial charge in [-0.05, 0) is 47.4 Å². The van der Waals surface area contributed by atoms with Crippen LogP contribution in [0.5, 0.6) is 0 Å². The SMILES string of the molecule is Cc1ccc(-c2cc(-c3ccccc3)cc(-c3nc(-c4ccccc4)nc(-c4ccccc4)n3)c2)cc1. The van der Waals surface area contributed by atoms with E-state index in [1.54, 1.807) is 0 Å². The maximum atomic E-state index is 4.96. The van der Waals surface area contributed by atoms with Crippen molar-refractivity contribution in [3.63, 3.8) is 0 Å². The van der Waals surface area contributed by atoms with Gasteiger partial charge < -0.3 is 0 Å². The number of nitrogens with zero attached hydrogens (tertiary/aromatic N) is 3. The van der Waals surface area contributed by atoms with Gasteiger partial charge in [0.2, 0.25) is 0 Å². The number of hydrogen-bond donors (Lipinski definition) is 0. The number of aromatic nitrogens is 3. The van der Waals surface area contributed by atoms with Crippen LogP contribution in [-0.4, -0.2) is 15.0 Å². The van der Waals surface area contributed by atoms with Gasteiger partial charge in [-0.15, -0.1) is 0 Å². The van der Waals surface area contributed by atoms with E-state index in [2.05, 4.69) is 73.7 Å². The van der Waals surface area contributed by atoms with Crippen LogP contribution >= 0.6 is 0 Å². The third kappa shape index (κ3) is 4.93. The average molecular weight is 476 g/mol. The van der Waals surface area contributed by atoms with Gasteiger partial charge >= 0.3 is 0 Å². The van der Waals surface area contributed by atoms with E-state index < -0.39 is 0 Å². The minimum Gasteiger partial charge on any atom is -0.208 e. The maximum Gasteiger partial charge on any atom is 0.164 e. The van der Waals surface area contributed by atoms with Crippen LogP contribution in [0.4, 0.5) is 0 Å². The van der Waals surface area contributed by atoms with Crippen LogP contribution in [-0.2, 0) is 0 Å². The fourth-order valence-corrected chi connectivity index (χ4v) is 4.40. The molecule has 0 unspecified atom stereocenters. The molecule has 176 valence electrons. The van der Waals surface area contributed by atoms with Gasteiger partial charge in [0, 0.05) is 16.7 Å². The molecule has 1 aromatic heterocycles. The van der Waals surface area contributed by atoms with E-state index in [0.29, 0.717) is 17.5 Å². The quantitative estimate of drug-likeness (QED) is 0.251. The molecule has 0 fully saturated rings. The second-order valence-electron chi connectivity index (χ2n) is 9.07. The van der Waals surface area contributed by atoms with Crippen molar-refractivity contribution in [2.75, 3.05) is 0 Å². The Morgan fingerprint density at radius 3 is 1.14 bits per heavy atom. The van der Waals surface area contributed by atoms with Crippen molar-refractivity contribution in [1.82, 2.24) is 15.0 Å². The van der Waals surface area contributed by atoms with Crippen LogP contribution < -0.4 is 0 Å². The summed E-state index contributed by atoms with van der Waals surface area (Å²) in [6.45, 7) is 2.11. The zero-order valence-corrected chi connectivity index (χ0v) is 20.5. The molecule has 0 saturated heterocycles. The second kappa shape index (κ2) is 10.00. The van der Waals surface area contributed by atoms with Crippen LogP contribution in [0.3, 0.4) is 0 Å². The summed E-state index contributed by atoms with van der Waals surface area (Å²) >= 11 is 0. The highest BCUT2D eigenvalue weighted by Crippen LogP contribution is 2.33. The first-order valence-electron chi connectivity index (χ1n) is 12.4. The van der Waals surface area contributed by atoms with Gasteiger partial charge in [0.25, 0.3) is 0 Å². The number of hydrogen-bond acceptors (Lipinski definition) is 3. The lowest BCUT2D eigenvalue weighted by Crippen LogP contribution is -2.00. The zero-order chi connectivity index (χ0) is 25.0. The summed E-state index contributed by atoms with van der Waals surface area (Å²) in [4.78, 5) is 14.8. The Hall–Kier alpha value is -4.89. The lowest BCUT2D eigenvalue weighted by Gasteiger charge is -2.12. The van der Waals surface area contributed by atoms with Crippen molar-refractivity contribution < 1.29 is 0 Å². The predicted molar refractivity (Wildman–Crippen MR) is 152 cm³/mol. The van der Waals surface area contributed by atoms with E-state index in [-0.39, 0.29) is 0 Å². The molecule has 0 spiro atoms. The minimum absolute atomic E-state index is 0.652. The zero-order valence-electron chi connectivity index (χ0n) is 20.5. The van der Waals surface area contributed by atoms with Crippen molar-refractivity contribution >= 4 is 0 Å². The standard InChI is InChI=1S/C34H25N3/c1-24-17-19-26(20-18-24)30-21-29(25-11-5-2-6-12-25)22-31(23-30)34-36-32(27-13-7-3-8-14-27)35-33(37-34)28-15-9-4-10-16-28/h2-23H,1H3. The number of benzene rings is 5. The summed E-state index contributed by atoms with van der Waals surface area (Å²) in [7, 11) is 0. The number of aryl methyl sites for hydroxylation is 1. The first-order valence-corrected chi connectivity index (χ1v) is 12.4. The Labute approximate surface area is 217 Å². The Kier molecular flexibility index (Phi) is 6.10. The monoisotopic (exact) mass is 475 g/mol. The molecule has 6 aromatic rings. The fourth-order valence-electron chi connectivity index (χ4n) is 4.40. The van der Waals surface area contributed by atoms with Gasteiger partial charge in [-0.25, -0.2) is 15.0 Å². The molecule has 5 aromatic carbocycles. The number of rotatable bonds is 5. The Bertz CT molecular complexity index is 1590. The van der Waals surface area contributed by atoms with Crippen LogP contribution in [0.15, 0.2) is 133 Å². The lowest BCUT2D eigenvalue weighted by atomic mass is 9.95. The molecule has 37 heavy (non-hydrogen) atoms. The van der Waals surface area contributed by atoms with E-state index in [9.17, 15) is 0 Å². The Morgan fingerprint density at radius 2 is 0.676 bits per heavy atom. The van der Waals surface area contributed by atoms with Crippen LogP contribution in [0, 0.1) is 6.92 Å². The molecular formula is C34H25N3. The Balaban J connectivity index is 1.58. The first kappa shape index (κ1) is 22.6. The molecule has 0 N–H and O–H groups in total. The maximum absolute atomic E-state index is 4.96. The smallest absolute Gasteiger partial charge is 0.164 e. The molecule has 0 bridgehead atoms. The highest BCUT2D eigenvalue weighted by atomic mass is 15.0. The molecule has 1 heterocycles. The molecule has 3 nitrogen and oxygen atoms in total. The topological polar surface area (TPSA) is 38.7 Å².